The molecular weight excluding hydrogens is 262 g/mol. The Labute approximate surface area is 124 Å². The second-order valence-corrected chi connectivity index (χ2v) is 4.94. The van der Waals surface area contributed by atoms with Crippen molar-refractivity contribution in [1.29, 1.82) is 0 Å². The van der Waals surface area contributed by atoms with Crippen LogP contribution in [0.25, 0.3) is 6.08 Å². The first-order valence-electron chi connectivity index (χ1n) is 7.00. The summed E-state index contributed by atoms with van der Waals surface area (Å²) in [6.07, 6.45) is 4.34. The summed E-state index contributed by atoms with van der Waals surface area (Å²) in [4.78, 5) is 14.2. The van der Waals surface area contributed by atoms with E-state index in [4.69, 9.17) is 4.74 Å². The van der Waals surface area contributed by atoms with Crippen LogP contribution in [0.15, 0.2) is 54.6 Å². The molecule has 0 fully saturated rings. The van der Waals surface area contributed by atoms with Gasteiger partial charge in [-0.1, -0.05) is 36.4 Å². The Balaban J connectivity index is 1.80. The van der Waals surface area contributed by atoms with E-state index in [2.05, 4.69) is 6.07 Å². The molecule has 0 saturated carbocycles. The largest absolute Gasteiger partial charge is 0.496 e. The summed E-state index contributed by atoms with van der Waals surface area (Å²) in [5.74, 6) is 0.772. The second-order valence-electron chi connectivity index (χ2n) is 4.94. The van der Waals surface area contributed by atoms with Crippen molar-refractivity contribution in [3.05, 3.63) is 65.7 Å². The Bertz CT molecular complexity index is 691. The first-order chi connectivity index (χ1) is 10.3. The first-order valence-corrected chi connectivity index (χ1v) is 7.00. The zero-order valence-corrected chi connectivity index (χ0v) is 12.0. The molecule has 1 heterocycles. The van der Waals surface area contributed by atoms with Gasteiger partial charge in [-0.25, -0.2) is 0 Å². The molecule has 21 heavy (non-hydrogen) atoms. The fourth-order valence-corrected chi connectivity index (χ4v) is 2.62. The average Bonchev–Trinajstić information content (AvgIpc) is 2.97. The van der Waals surface area contributed by atoms with Crippen LogP contribution in [0.3, 0.4) is 0 Å². The number of methoxy groups -OCH3 is 1. The highest BCUT2D eigenvalue weighted by Gasteiger charge is 2.22. The minimum atomic E-state index is 0.00542. The van der Waals surface area contributed by atoms with Gasteiger partial charge in [0.1, 0.15) is 5.75 Å². The van der Waals surface area contributed by atoms with Crippen molar-refractivity contribution in [2.24, 2.45) is 0 Å². The van der Waals surface area contributed by atoms with Crippen LogP contribution in [0.4, 0.5) is 5.69 Å². The highest BCUT2D eigenvalue weighted by atomic mass is 16.5. The van der Waals surface area contributed by atoms with E-state index in [0.717, 1.165) is 30.0 Å². The zero-order chi connectivity index (χ0) is 14.7. The van der Waals surface area contributed by atoms with Crippen molar-refractivity contribution in [1.82, 2.24) is 0 Å². The lowest BCUT2D eigenvalue weighted by atomic mass is 10.1. The molecule has 0 aromatic heterocycles. The van der Waals surface area contributed by atoms with E-state index in [-0.39, 0.29) is 5.91 Å². The van der Waals surface area contributed by atoms with Crippen molar-refractivity contribution in [2.75, 3.05) is 18.6 Å². The van der Waals surface area contributed by atoms with Gasteiger partial charge in [0.2, 0.25) is 0 Å². The molecule has 2 aromatic carbocycles. The Morgan fingerprint density at radius 2 is 1.90 bits per heavy atom. The van der Waals surface area contributed by atoms with Crippen LogP contribution in [0, 0.1) is 0 Å². The quantitative estimate of drug-likeness (QED) is 0.807. The lowest BCUT2D eigenvalue weighted by Crippen LogP contribution is -2.26. The number of ether oxygens (including phenoxy) is 1. The summed E-state index contributed by atoms with van der Waals surface area (Å²) in [5.41, 5.74) is 3.16. The van der Waals surface area contributed by atoms with Crippen molar-refractivity contribution < 1.29 is 9.53 Å². The molecule has 1 amide bonds. The third kappa shape index (κ3) is 2.68. The van der Waals surface area contributed by atoms with Gasteiger partial charge in [0.25, 0.3) is 5.91 Å². The molecule has 0 N–H and O–H groups in total. The summed E-state index contributed by atoms with van der Waals surface area (Å²) < 4.78 is 5.28. The molecule has 0 saturated heterocycles. The molecule has 3 nitrogen and oxygen atoms in total. The molecule has 3 heteroatoms. The molecule has 0 unspecified atom stereocenters. The summed E-state index contributed by atoms with van der Waals surface area (Å²) in [6, 6.07) is 15.7. The maximum absolute atomic E-state index is 12.4. The van der Waals surface area contributed by atoms with Crippen molar-refractivity contribution in [3.8, 4) is 5.75 Å². The molecule has 0 radical (unpaired) electrons. The van der Waals surface area contributed by atoms with Crippen molar-refractivity contribution in [3.63, 3.8) is 0 Å². The number of carbonyl (C=O) groups excluding carboxylic acids is 1. The normalized spacial score (nSPS) is 13.5. The highest BCUT2D eigenvalue weighted by Crippen LogP contribution is 2.28. The summed E-state index contributed by atoms with van der Waals surface area (Å²) in [5, 5.41) is 0. The number of hydrogen-bond donors (Lipinski definition) is 0. The fourth-order valence-electron chi connectivity index (χ4n) is 2.62. The van der Waals surface area contributed by atoms with Gasteiger partial charge >= 0.3 is 0 Å². The monoisotopic (exact) mass is 279 g/mol. The number of para-hydroxylation sites is 2. The van der Waals surface area contributed by atoms with E-state index in [1.807, 2.05) is 53.4 Å². The van der Waals surface area contributed by atoms with Crippen LogP contribution in [0.5, 0.6) is 5.75 Å². The topological polar surface area (TPSA) is 29.5 Å². The van der Waals surface area contributed by atoms with Crippen LogP contribution < -0.4 is 9.64 Å². The van der Waals surface area contributed by atoms with Gasteiger partial charge in [0.05, 0.1) is 7.11 Å². The third-order valence-corrected chi connectivity index (χ3v) is 3.70. The Morgan fingerprint density at radius 3 is 2.76 bits per heavy atom. The predicted molar refractivity (Wildman–Crippen MR) is 84.5 cm³/mol. The average molecular weight is 279 g/mol. The van der Waals surface area contributed by atoms with Crippen molar-refractivity contribution in [2.45, 2.75) is 6.42 Å². The van der Waals surface area contributed by atoms with Crippen molar-refractivity contribution >= 4 is 17.7 Å². The van der Waals surface area contributed by atoms with Gasteiger partial charge in [-0.15, -0.1) is 0 Å². The standard InChI is InChI=1S/C18H17NO2/c1-21-17-9-5-3-7-15(17)10-11-18(20)19-13-12-14-6-2-4-8-16(14)19/h2-11H,12-13H2,1H3. The smallest absolute Gasteiger partial charge is 0.251 e. The molecule has 0 atom stereocenters. The highest BCUT2D eigenvalue weighted by molar-refractivity contribution is 6.05. The van der Waals surface area contributed by atoms with Gasteiger partial charge in [0, 0.05) is 23.9 Å². The Kier molecular flexibility index (Phi) is 3.73. The molecule has 0 aliphatic carbocycles. The number of anilines is 1. The van der Waals surface area contributed by atoms with E-state index in [0.29, 0.717) is 0 Å². The van der Waals surface area contributed by atoms with Gasteiger partial charge in [-0.3, -0.25) is 4.79 Å². The summed E-state index contributed by atoms with van der Waals surface area (Å²) in [7, 11) is 1.63. The van der Waals surface area contributed by atoms with E-state index in [9.17, 15) is 4.79 Å². The van der Waals surface area contributed by atoms with Crippen LogP contribution in [-0.2, 0) is 11.2 Å². The predicted octanol–water partition coefficient (Wildman–Crippen LogP) is 3.30. The van der Waals surface area contributed by atoms with Gasteiger partial charge in [0.15, 0.2) is 0 Å². The zero-order valence-electron chi connectivity index (χ0n) is 12.0. The molecule has 106 valence electrons. The SMILES string of the molecule is COc1ccccc1C=CC(=O)N1CCc2ccccc21. The number of fused-ring (bicyclic) bond motifs is 1. The fraction of sp³-hybridized carbons (Fsp3) is 0.167. The van der Waals surface area contributed by atoms with E-state index in [1.54, 1.807) is 13.2 Å². The third-order valence-electron chi connectivity index (χ3n) is 3.70. The second kappa shape index (κ2) is 5.83. The maximum atomic E-state index is 12.4. The van der Waals surface area contributed by atoms with E-state index >= 15 is 0 Å². The number of nitrogens with zero attached hydrogens (tertiary/aromatic N) is 1. The summed E-state index contributed by atoms with van der Waals surface area (Å²) >= 11 is 0. The molecule has 0 bridgehead atoms. The number of amides is 1. The number of rotatable bonds is 3. The van der Waals surface area contributed by atoms with Gasteiger partial charge in [-0.2, -0.15) is 0 Å². The minimum Gasteiger partial charge on any atom is -0.496 e. The van der Waals surface area contributed by atoms with Gasteiger partial charge in [-0.05, 0) is 30.2 Å². The van der Waals surface area contributed by atoms with E-state index in [1.165, 1.54) is 5.56 Å². The van der Waals surface area contributed by atoms with Gasteiger partial charge < -0.3 is 9.64 Å². The summed E-state index contributed by atoms with van der Waals surface area (Å²) in [6.45, 7) is 0.744. The first kappa shape index (κ1) is 13.4. The van der Waals surface area contributed by atoms with Crippen LogP contribution in [0.1, 0.15) is 11.1 Å². The van der Waals surface area contributed by atoms with Crippen LogP contribution in [-0.4, -0.2) is 19.6 Å². The number of carbonyl (C=O) groups is 1. The molecular formula is C18H17NO2. The van der Waals surface area contributed by atoms with Crippen LogP contribution in [0.2, 0.25) is 0 Å². The molecule has 0 spiro atoms. The number of hydrogen-bond acceptors (Lipinski definition) is 2. The Hall–Kier alpha value is -2.55. The Morgan fingerprint density at radius 1 is 1.14 bits per heavy atom. The number of benzene rings is 2. The molecule has 1 aliphatic heterocycles. The lowest BCUT2D eigenvalue weighted by molar-refractivity contribution is -0.114. The maximum Gasteiger partial charge on any atom is 0.251 e. The molecule has 2 aromatic rings. The molecule has 3 rings (SSSR count). The minimum absolute atomic E-state index is 0.00542. The molecule has 1 aliphatic rings. The van der Waals surface area contributed by atoms with E-state index < -0.39 is 0 Å². The van der Waals surface area contributed by atoms with Crippen LogP contribution >= 0.6 is 0 Å². The lowest BCUT2D eigenvalue weighted by Gasteiger charge is -2.14.